The van der Waals surface area contributed by atoms with Gasteiger partial charge in [-0.1, -0.05) is 191 Å². The molecule has 10 aromatic rings. The van der Waals surface area contributed by atoms with Crippen molar-refractivity contribution in [3.63, 3.8) is 0 Å². The van der Waals surface area contributed by atoms with Gasteiger partial charge in [-0.3, -0.25) is 0 Å². The molecule has 1 heterocycles. The van der Waals surface area contributed by atoms with Gasteiger partial charge in [-0.2, -0.15) is 0 Å². The fourth-order valence-corrected chi connectivity index (χ4v) is 12.0. The molecule has 1 aromatic heterocycles. The van der Waals surface area contributed by atoms with Crippen LogP contribution in [0, 0.1) is 0 Å². The van der Waals surface area contributed by atoms with Gasteiger partial charge in [0.05, 0.1) is 5.41 Å². The summed E-state index contributed by atoms with van der Waals surface area (Å²) in [6, 6.07) is 71.9. The molecule has 0 atom stereocenters. The Morgan fingerprint density at radius 1 is 0.470 bits per heavy atom. The molecule has 0 N–H and O–H groups in total. The Balaban J connectivity index is 1.04. The molecule has 3 aliphatic carbocycles. The van der Waals surface area contributed by atoms with E-state index in [-0.39, 0.29) is 5.41 Å². The van der Waals surface area contributed by atoms with Crippen molar-refractivity contribution in [1.29, 1.82) is 0 Å². The molecular weight excluding hydrogens is 799 g/mol. The number of para-hydroxylation sites is 1. The summed E-state index contributed by atoms with van der Waals surface area (Å²) in [5.74, 6) is 0. The van der Waals surface area contributed by atoms with E-state index in [2.05, 4.69) is 226 Å². The minimum Gasteiger partial charge on any atom is -0.456 e. The first kappa shape index (κ1) is 38.3. The van der Waals surface area contributed by atoms with Gasteiger partial charge in [0, 0.05) is 38.8 Å². The number of benzene rings is 9. The summed E-state index contributed by atoms with van der Waals surface area (Å²) in [5.41, 5.74) is 24.5. The van der Waals surface area contributed by atoms with E-state index in [0.29, 0.717) is 0 Å². The third-order valence-electron chi connectivity index (χ3n) is 14.8. The molecule has 0 fully saturated rings. The zero-order valence-corrected chi connectivity index (χ0v) is 37.0. The summed E-state index contributed by atoms with van der Waals surface area (Å²) in [5, 5.41) is 2.26. The minimum atomic E-state index is -0.503. The van der Waals surface area contributed by atoms with E-state index in [1.54, 1.807) is 0 Å². The molecule has 2 nitrogen and oxygen atoms in total. The van der Waals surface area contributed by atoms with Gasteiger partial charge in [0.1, 0.15) is 11.2 Å². The lowest BCUT2D eigenvalue weighted by Crippen LogP contribution is -2.25. The molecule has 9 aromatic carbocycles. The Morgan fingerprint density at radius 3 is 1.65 bits per heavy atom. The van der Waals surface area contributed by atoms with Crippen LogP contribution in [0.5, 0.6) is 0 Å². The molecule has 0 radical (unpaired) electrons. The molecule has 13 rings (SSSR count). The lowest BCUT2D eigenvalue weighted by molar-refractivity contribution is 0.660. The second-order valence-corrected chi connectivity index (χ2v) is 18.4. The number of anilines is 3. The Kier molecular flexibility index (Phi) is 8.21. The van der Waals surface area contributed by atoms with Crippen LogP contribution in [0.2, 0.25) is 0 Å². The highest BCUT2D eigenvalue weighted by Gasteiger charge is 2.52. The van der Waals surface area contributed by atoms with Gasteiger partial charge in [0.25, 0.3) is 0 Å². The van der Waals surface area contributed by atoms with Crippen molar-refractivity contribution >= 4 is 44.6 Å². The highest BCUT2D eigenvalue weighted by molar-refractivity contribution is 6.18. The summed E-state index contributed by atoms with van der Waals surface area (Å²) in [6.07, 6.45) is 5.71. The first-order valence-corrected chi connectivity index (χ1v) is 22.9. The van der Waals surface area contributed by atoms with Crippen LogP contribution in [0.15, 0.2) is 230 Å². The largest absolute Gasteiger partial charge is 0.456 e. The zero-order chi connectivity index (χ0) is 44.3. The number of allylic oxidation sites excluding steroid dienone is 4. The van der Waals surface area contributed by atoms with Crippen molar-refractivity contribution in [2.24, 2.45) is 0 Å². The maximum absolute atomic E-state index is 6.90. The normalized spacial score (nSPS) is 14.4. The van der Waals surface area contributed by atoms with E-state index in [0.717, 1.165) is 55.7 Å². The number of fused-ring (bicyclic) bond motifs is 16. The first-order valence-electron chi connectivity index (χ1n) is 22.9. The second kappa shape index (κ2) is 14.1. The van der Waals surface area contributed by atoms with Crippen LogP contribution in [-0.2, 0) is 10.8 Å². The number of hydrogen-bond donors (Lipinski definition) is 0. The van der Waals surface area contributed by atoms with Crippen LogP contribution in [0.25, 0.3) is 72.0 Å². The molecule has 0 aliphatic heterocycles. The van der Waals surface area contributed by atoms with Crippen molar-refractivity contribution in [3.8, 4) is 44.5 Å². The van der Waals surface area contributed by atoms with Gasteiger partial charge in [0.15, 0.2) is 0 Å². The highest BCUT2D eigenvalue weighted by Crippen LogP contribution is 2.65. The summed E-state index contributed by atoms with van der Waals surface area (Å²) in [4.78, 5) is 2.40. The smallest absolute Gasteiger partial charge is 0.136 e. The summed E-state index contributed by atoms with van der Waals surface area (Å²) < 4.78 is 6.90. The molecule has 0 saturated heterocycles. The molecule has 0 amide bonds. The maximum atomic E-state index is 6.90. The molecule has 2 heteroatoms. The van der Waals surface area contributed by atoms with Crippen LogP contribution in [0.1, 0.15) is 52.8 Å². The molecule has 312 valence electrons. The third-order valence-corrected chi connectivity index (χ3v) is 14.8. The average Bonchev–Trinajstić information content (AvgIpc) is 4.05. The SMILES string of the molecule is C=C/C=C(\C=C)c1ccc(N(c2ccc(-c3c4c(cc5oc6ccccc6c35)C3(c5ccccc5-c5ccccc53)c3ccccc3-4)cc2)c2ccc3c(c2)C(C)(C)c2ccccc2-3)cc1. The summed E-state index contributed by atoms with van der Waals surface area (Å²) >= 11 is 0. The lowest BCUT2D eigenvalue weighted by atomic mass is 9.70. The predicted octanol–water partition coefficient (Wildman–Crippen LogP) is 17.1. The quantitative estimate of drug-likeness (QED) is 0.149. The molecule has 0 unspecified atom stereocenters. The molecule has 66 heavy (non-hydrogen) atoms. The van der Waals surface area contributed by atoms with E-state index in [1.165, 1.54) is 72.3 Å². The number of hydrogen-bond acceptors (Lipinski definition) is 2. The van der Waals surface area contributed by atoms with Crippen LogP contribution in [0.3, 0.4) is 0 Å². The Labute approximate surface area is 385 Å². The first-order chi connectivity index (χ1) is 32.4. The molecular formula is C64H45NO. The molecule has 3 aliphatic rings. The number of furan rings is 1. The van der Waals surface area contributed by atoms with E-state index >= 15 is 0 Å². The topological polar surface area (TPSA) is 16.4 Å². The Bertz CT molecular complexity index is 3660. The monoisotopic (exact) mass is 843 g/mol. The molecule has 0 bridgehead atoms. The van der Waals surface area contributed by atoms with E-state index in [4.69, 9.17) is 4.42 Å². The zero-order valence-electron chi connectivity index (χ0n) is 37.0. The third kappa shape index (κ3) is 5.13. The van der Waals surface area contributed by atoms with Gasteiger partial charge in [-0.05, 0) is 132 Å². The lowest BCUT2D eigenvalue weighted by Gasteiger charge is -2.30. The average molecular weight is 844 g/mol. The fraction of sp³-hybridized carbons (Fsp3) is 0.0625. The van der Waals surface area contributed by atoms with Gasteiger partial charge in [-0.15, -0.1) is 0 Å². The Hall–Kier alpha value is -8.20. The van der Waals surface area contributed by atoms with Crippen LogP contribution < -0.4 is 4.90 Å². The van der Waals surface area contributed by atoms with E-state index < -0.39 is 5.41 Å². The standard InChI is InChI=1S/C64H45NO/c1-5-17-40(6-2)41-28-32-43(33-29-41)65(45-36-37-49-46-18-7-12-23-52(46)63(3,4)56(49)38-45)44-34-30-42(31-35-44)60-61-50-21-10-15-26-55(50)64(53-24-13-8-19-47(53)48-20-9-14-25-54(48)64)57(61)39-59-62(60)51-22-11-16-27-58(51)66-59/h5-39H,1-2H2,3-4H3/b40-17+. The molecule has 0 saturated carbocycles. The second-order valence-electron chi connectivity index (χ2n) is 18.4. The van der Waals surface area contributed by atoms with Gasteiger partial charge < -0.3 is 9.32 Å². The van der Waals surface area contributed by atoms with E-state index in [1.807, 2.05) is 18.2 Å². The number of rotatable bonds is 7. The van der Waals surface area contributed by atoms with Crippen molar-refractivity contribution in [1.82, 2.24) is 0 Å². The van der Waals surface area contributed by atoms with Crippen LogP contribution in [0.4, 0.5) is 17.1 Å². The Morgan fingerprint density at radius 2 is 1.00 bits per heavy atom. The summed E-state index contributed by atoms with van der Waals surface area (Å²) in [6.45, 7) is 12.7. The van der Waals surface area contributed by atoms with Crippen molar-refractivity contribution in [2.45, 2.75) is 24.7 Å². The maximum Gasteiger partial charge on any atom is 0.136 e. The van der Waals surface area contributed by atoms with Crippen molar-refractivity contribution in [2.75, 3.05) is 4.90 Å². The van der Waals surface area contributed by atoms with Crippen molar-refractivity contribution < 1.29 is 4.42 Å². The number of nitrogens with zero attached hydrogens (tertiary/aromatic N) is 1. The van der Waals surface area contributed by atoms with Gasteiger partial charge >= 0.3 is 0 Å². The predicted molar refractivity (Wildman–Crippen MR) is 276 cm³/mol. The molecule has 1 spiro atoms. The van der Waals surface area contributed by atoms with Gasteiger partial charge in [-0.25, -0.2) is 0 Å². The fourth-order valence-electron chi connectivity index (χ4n) is 12.0. The highest BCUT2D eigenvalue weighted by atomic mass is 16.3. The summed E-state index contributed by atoms with van der Waals surface area (Å²) in [7, 11) is 0. The van der Waals surface area contributed by atoms with E-state index in [9.17, 15) is 0 Å². The minimum absolute atomic E-state index is 0.143. The van der Waals surface area contributed by atoms with Gasteiger partial charge in [0.2, 0.25) is 0 Å². The van der Waals surface area contributed by atoms with Crippen molar-refractivity contribution in [3.05, 3.63) is 264 Å². The van der Waals surface area contributed by atoms with Crippen LogP contribution >= 0.6 is 0 Å². The van der Waals surface area contributed by atoms with Crippen LogP contribution in [-0.4, -0.2) is 0 Å².